The fourth-order valence-electron chi connectivity index (χ4n) is 2.08. The average Bonchev–Trinajstić information content (AvgIpc) is 2.82. The van der Waals surface area contributed by atoms with E-state index in [1.54, 1.807) is 11.3 Å². The molecule has 0 aliphatic rings. The van der Waals surface area contributed by atoms with Crippen molar-refractivity contribution in [2.75, 3.05) is 5.73 Å². The van der Waals surface area contributed by atoms with E-state index in [0.29, 0.717) is 0 Å². The second kappa shape index (κ2) is 5.38. The number of aromatic nitrogens is 1. The van der Waals surface area contributed by atoms with Gasteiger partial charge in [-0.15, -0.1) is 11.3 Å². The molecule has 1 heterocycles. The lowest BCUT2D eigenvalue weighted by atomic mass is 10.1. The largest absolute Gasteiger partial charge is 0.398 e. The smallest absolute Gasteiger partial charge is 0.126 e. The summed E-state index contributed by atoms with van der Waals surface area (Å²) in [6, 6.07) is 16.1. The van der Waals surface area contributed by atoms with E-state index < -0.39 is 0 Å². The first kappa shape index (κ1) is 13.3. The fourth-order valence-corrected chi connectivity index (χ4v) is 3.33. The number of benzene rings is 2. The van der Waals surface area contributed by atoms with Crippen LogP contribution in [-0.4, -0.2) is 4.98 Å². The van der Waals surface area contributed by atoms with E-state index in [4.69, 9.17) is 10.7 Å². The Morgan fingerprint density at radius 1 is 1.05 bits per heavy atom. The Hall–Kier alpha value is -1.65. The molecule has 4 heteroatoms. The topological polar surface area (TPSA) is 38.9 Å². The third kappa shape index (κ3) is 2.49. The normalized spacial score (nSPS) is 10.7. The number of hydrogen-bond donors (Lipinski definition) is 1. The van der Waals surface area contributed by atoms with Crippen LogP contribution in [0.5, 0.6) is 0 Å². The highest BCUT2D eigenvalue weighted by molar-refractivity contribution is 9.10. The van der Waals surface area contributed by atoms with E-state index in [9.17, 15) is 0 Å². The van der Waals surface area contributed by atoms with Crippen LogP contribution in [-0.2, 0) is 0 Å². The molecule has 0 saturated carbocycles. The van der Waals surface area contributed by atoms with Gasteiger partial charge >= 0.3 is 0 Å². The van der Waals surface area contributed by atoms with Crippen molar-refractivity contribution in [2.24, 2.45) is 0 Å². The molecule has 0 aliphatic carbocycles. The molecule has 0 amide bonds. The Kier molecular flexibility index (Phi) is 3.59. The SMILES string of the molecule is Cc1sc(-c2ccccc2N)nc1-c1ccc(Br)cc1. The van der Waals surface area contributed by atoms with Crippen LogP contribution in [0.15, 0.2) is 53.0 Å². The zero-order chi connectivity index (χ0) is 14.1. The molecule has 0 atom stereocenters. The first-order valence-corrected chi connectivity index (χ1v) is 7.84. The van der Waals surface area contributed by atoms with Gasteiger partial charge in [0.05, 0.1) is 5.69 Å². The van der Waals surface area contributed by atoms with E-state index in [-0.39, 0.29) is 0 Å². The number of anilines is 1. The molecule has 0 spiro atoms. The molecule has 2 N–H and O–H groups in total. The first-order valence-electron chi connectivity index (χ1n) is 6.23. The summed E-state index contributed by atoms with van der Waals surface area (Å²) in [7, 11) is 0. The third-order valence-corrected chi connectivity index (χ3v) is 4.64. The van der Waals surface area contributed by atoms with Gasteiger partial charge in [-0.1, -0.05) is 40.2 Å². The van der Waals surface area contributed by atoms with Gasteiger partial charge in [0.2, 0.25) is 0 Å². The Balaban J connectivity index is 2.08. The molecule has 20 heavy (non-hydrogen) atoms. The Morgan fingerprint density at radius 3 is 2.45 bits per heavy atom. The van der Waals surface area contributed by atoms with Gasteiger partial charge in [0.1, 0.15) is 5.01 Å². The molecule has 3 rings (SSSR count). The van der Waals surface area contributed by atoms with Gasteiger partial charge in [0, 0.05) is 26.2 Å². The summed E-state index contributed by atoms with van der Waals surface area (Å²) in [5.74, 6) is 0. The summed E-state index contributed by atoms with van der Waals surface area (Å²) < 4.78 is 1.07. The monoisotopic (exact) mass is 344 g/mol. The van der Waals surface area contributed by atoms with Crippen molar-refractivity contribution in [3.8, 4) is 21.8 Å². The highest BCUT2D eigenvalue weighted by Gasteiger charge is 2.12. The highest BCUT2D eigenvalue weighted by Crippen LogP contribution is 2.35. The van der Waals surface area contributed by atoms with Crippen LogP contribution in [0.1, 0.15) is 4.88 Å². The summed E-state index contributed by atoms with van der Waals surface area (Å²) >= 11 is 5.13. The van der Waals surface area contributed by atoms with Crippen LogP contribution in [0, 0.1) is 6.92 Å². The van der Waals surface area contributed by atoms with E-state index in [0.717, 1.165) is 32.0 Å². The maximum absolute atomic E-state index is 6.03. The van der Waals surface area contributed by atoms with Gasteiger partial charge in [-0.25, -0.2) is 4.98 Å². The van der Waals surface area contributed by atoms with Crippen molar-refractivity contribution in [3.05, 3.63) is 57.9 Å². The predicted molar refractivity (Wildman–Crippen MR) is 89.8 cm³/mol. The van der Waals surface area contributed by atoms with E-state index in [1.165, 1.54) is 4.88 Å². The lowest BCUT2D eigenvalue weighted by Gasteiger charge is -2.00. The molecule has 0 fully saturated rings. The zero-order valence-electron chi connectivity index (χ0n) is 10.9. The predicted octanol–water partition coefficient (Wildman–Crippen LogP) is 5.13. The van der Waals surface area contributed by atoms with Crippen LogP contribution in [0.4, 0.5) is 5.69 Å². The standard InChI is InChI=1S/C16H13BrN2S/c1-10-15(11-6-8-12(17)9-7-11)19-16(20-10)13-4-2-3-5-14(13)18/h2-9H,18H2,1H3. The minimum Gasteiger partial charge on any atom is -0.398 e. The summed E-state index contributed by atoms with van der Waals surface area (Å²) in [6.45, 7) is 2.09. The van der Waals surface area contributed by atoms with Crippen LogP contribution in [0.25, 0.3) is 21.8 Å². The third-order valence-electron chi connectivity index (χ3n) is 3.11. The molecule has 2 nitrogen and oxygen atoms in total. The maximum atomic E-state index is 6.03. The number of para-hydroxylation sites is 1. The molecule has 0 saturated heterocycles. The van der Waals surface area contributed by atoms with Crippen LogP contribution in [0.3, 0.4) is 0 Å². The molecule has 0 bridgehead atoms. The molecule has 100 valence electrons. The van der Waals surface area contributed by atoms with Crippen molar-refractivity contribution in [1.82, 2.24) is 4.98 Å². The maximum Gasteiger partial charge on any atom is 0.126 e. The fraction of sp³-hybridized carbons (Fsp3) is 0.0625. The highest BCUT2D eigenvalue weighted by atomic mass is 79.9. The summed E-state index contributed by atoms with van der Waals surface area (Å²) in [5.41, 5.74) is 9.96. The number of thiazole rings is 1. The average molecular weight is 345 g/mol. The molecule has 0 radical (unpaired) electrons. The second-order valence-electron chi connectivity index (χ2n) is 4.52. The van der Waals surface area contributed by atoms with Crippen molar-refractivity contribution in [3.63, 3.8) is 0 Å². The van der Waals surface area contributed by atoms with Crippen LogP contribution < -0.4 is 5.73 Å². The molecular weight excluding hydrogens is 332 g/mol. The van der Waals surface area contributed by atoms with E-state index in [2.05, 4.69) is 35.0 Å². The van der Waals surface area contributed by atoms with Crippen molar-refractivity contribution in [2.45, 2.75) is 6.92 Å². The van der Waals surface area contributed by atoms with Gasteiger partial charge in [0.25, 0.3) is 0 Å². The number of nitrogen functional groups attached to an aromatic ring is 1. The van der Waals surface area contributed by atoms with Crippen molar-refractivity contribution >= 4 is 33.0 Å². The van der Waals surface area contributed by atoms with Crippen molar-refractivity contribution in [1.29, 1.82) is 0 Å². The molecule has 1 aromatic heterocycles. The molecule has 0 unspecified atom stereocenters. The Bertz CT molecular complexity index is 747. The second-order valence-corrected chi connectivity index (χ2v) is 6.64. The van der Waals surface area contributed by atoms with E-state index in [1.807, 2.05) is 36.4 Å². The van der Waals surface area contributed by atoms with Gasteiger partial charge in [-0.3, -0.25) is 0 Å². The van der Waals surface area contributed by atoms with Crippen LogP contribution in [0.2, 0.25) is 0 Å². The number of hydrogen-bond acceptors (Lipinski definition) is 3. The van der Waals surface area contributed by atoms with Gasteiger partial charge < -0.3 is 5.73 Å². The summed E-state index contributed by atoms with van der Waals surface area (Å²) in [6.07, 6.45) is 0. The van der Waals surface area contributed by atoms with Gasteiger partial charge in [-0.2, -0.15) is 0 Å². The number of rotatable bonds is 2. The summed E-state index contributed by atoms with van der Waals surface area (Å²) in [4.78, 5) is 5.96. The van der Waals surface area contributed by atoms with E-state index >= 15 is 0 Å². The quantitative estimate of drug-likeness (QED) is 0.654. The Labute approximate surface area is 130 Å². The number of nitrogens with two attached hydrogens (primary N) is 1. The molecular formula is C16H13BrN2S. The summed E-state index contributed by atoms with van der Waals surface area (Å²) in [5, 5.41) is 0.971. The zero-order valence-corrected chi connectivity index (χ0v) is 13.3. The molecule has 0 aliphatic heterocycles. The minimum atomic E-state index is 0.767. The lowest BCUT2D eigenvalue weighted by molar-refractivity contribution is 1.37. The number of aryl methyl sites for hydroxylation is 1. The van der Waals surface area contributed by atoms with Crippen molar-refractivity contribution < 1.29 is 0 Å². The Morgan fingerprint density at radius 2 is 1.75 bits per heavy atom. The number of halogens is 1. The molecule has 2 aromatic carbocycles. The van der Waals surface area contributed by atoms with Gasteiger partial charge in [-0.05, 0) is 31.2 Å². The minimum absolute atomic E-state index is 0.767. The first-order chi connectivity index (χ1) is 9.65. The number of nitrogens with zero attached hydrogens (tertiary/aromatic N) is 1. The molecule has 3 aromatic rings. The van der Waals surface area contributed by atoms with Crippen LogP contribution >= 0.6 is 27.3 Å². The lowest BCUT2D eigenvalue weighted by Crippen LogP contribution is -1.88. The van der Waals surface area contributed by atoms with Gasteiger partial charge in [0.15, 0.2) is 0 Å².